The summed E-state index contributed by atoms with van der Waals surface area (Å²) in [5.41, 5.74) is 4.63. The fourth-order valence-corrected chi connectivity index (χ4v) is 5.16. The van der Waals surface area contributed by atoms with Crippen molar-refractivity contribution in [3.8, 4) is 0 Å². The molecule has 0 spiro atoms. The van der Waals surface area contributed by atoms with E-state index < -0.39 is 46.7 Å². The van der Waals surface area contributed by atoms with E-state index in [0.29, 0.717) is 0 Å². The number of hydrogen-bond acceptors (Lipinski definition) is 6. The number of anilines is 1. The van der Waals surface area contributed by atoms with Crippen molar-refractivity contribution in [2.24, 2.45) is 0 Å². The zero-order valence-corrected chi connectivity index (χ0v) is 23.0. The second kappa shape index (κ2) is 8.57. The molecule has 1 aliphatic heterocycles. The smallest absolute Gasteiger partial charge is 0.351 e. The van der Waals surface area contributed by atoms with Crippen LogP contribution in [0, 0.1) is 0 Å². The minimum absolute atomic E-state index is 0.0422. The van der Waals surface area contributed by atoms with Crippen LogP contribution in [0.15, 0.2) is 17.1 Å². The molecule has 2 heterocycles. The van der Waals surface area contributed by atoms with Gasteiger partial charge in [0.15, 0.2) is 16.6 Å². The molecule has 2 N–H and O–H groups in total. The molecule has 184 valence electrons. The molecule has 0 aromatic carbocycles. The van der Waals surface area contributed by atoms with Gasteiger partial charge in [0.2, 0.25) is 6.23 Å². The fourth-order valence-electron chi connectivity index (χ4n) is 2.85. The van der Waals surface area contributed by atoms with Gasteiger partial charge in [0.25, 0.3) is 0 Å². The van der Waals surface area contributed by atoms with Crippen molar-refractivity contribution < 1.29 is 22.4 Å². The number of alkyl halides is 2. The summed E-state index contributed by atoms with van der Waals surface area (Å²) in [6.07, 6.45) is -3.26. The molecule has 11 heteroatoms. The molecular weight excluding hydrogens is 452 g/mol. The molecule has 0 amide bonds. The first-order chi connectivity index (χ1) is 14.2. The molecule has 7 nitrogen and oxygen atoms in total. The van der Waals surface area contributed by atoms with Crippen LogP contribution in [0.25, 0.3) is 0 Å². The summed E-state index contributed by atoms with van der Waals surface area (Å²) in [5, 5.41) is -0.382. The van der Waals surface area contributed by atoms with Crippen molar-refractivity contribution in [2.45, 2.75) is 102 Å². The Morgan fingerprint density at radius 2 is 1.66 bits per heavy atom. The monoisotopic (exact) mass is 491 g/mol. The second-order valence-corrected chi connectivity index (χ2v) is 21.2. The van der Waals surface area contributed by atoms with Gasteiger partial charge in [-0.2, -0.15) is 13.8 Å². The number of rotatable bonds is 6. The largest absolute Gasteiger partial charge is 0.414 e. The van der Waals surface area contributed by atoms with E-state index in [0.717, 1.165) is 4.57 Å². The number of aromatic nitrogens is 2. The number of ether oxygens (including phenoxy) is 1. The lowest BCUT2D eigenvalue weighted by atomic mass is 10.1. The summed E-state index contributed by atoms with van der Waals surface area (Å²) in [6.45, 7) is 20.1. The molecule has 3 atom stereocenters. The molecule has 2 rings (SSSR count). The Labute approximate surface area is 191 Å². The third-order valence-electron chi connectivity index (χ3n) is 7.10. The SMILES string of the molecule is CC(C)(C)[Si](C)(C)OC[C@H]1O[C@@H](n2ccc(N)nc2=O)C(F)(F)[C@@H]1O[Si](C)(C)C(C)(C)C. The van der Waals surface area contributed by atoms with E-state index in [9.17, 15) is 4.79 Å². The van der Waals surface area contributed by atoms with Gasteiger partial charge in [-0.3, -0.25) is 4.57 Å². The third kappa shape index (κ3) is 5.32. The molecule has 1 aromatic heterocycles. The maximum absolute atomic E-state index is 15.8. The maximum atomic E-state index is 15.8. The van der Waals surface area contributed by atoms with Crippen LogP contribution < -0.4 is 11.4 Å². The zero-order chi connectivity index (χ0) is 24.9. The number of halogens is 2. The van der Waals surface area contributed by atoms with Crippen LogP contribution in [-0.4, -0.2) is 50.9 Å². The molecule has 32 heavy (non-hydrogen) atoms. The predicted molar refractivity (Wildman–Crippen MR) is 127 cm³/mol. The first-order valence-corrected chi connectivity index (χ1v) is 16.7. The van der Waals surface area contributed by atoms with Gasteiger partial charge in [0, 0.05) is 6.20 Å². The van der Waals surface area contributed by atoms with E-state index in [1.54, 1.807) is 0 Å². The summed E-state index contributed by atoms with van der Waals surface area (Å²) < 4.78 is 50.5. The van der Waals surface area contributed by atoms with Crippen LogP contribution in [0.2, 0.25) is 36.3 Å². The first kappa shape index (κ1) is 27.1. The molecule has 0 saturated carbocycles. The number of nitrogens with zero attached hydrogens (tertiary/aromatic N) is 2. The van der Waals surface area contributed by atoms with Crippen molar-refractivity contribution in [1.82, 2.24) is 9.55 Å². The van der Waals surface area contributed by atoms with E-state index in [-0.39, 0.29) is 22.5 Å². The van der Waals surface area contributed by atoms with Gasteiger partial charge < -0.3 is 19.3 Å². The highest BCUT2D eigenvalue weighted by molar-refractivity contribution is 6.74. The first-order valence-electron chi connectivity index (χ1n) is 10.9. The Bertz CT molecular complexity index is 879. The molecule has 0 bridgehead atoms. The maximum Gasteiger partial charge on any atom is 0.351 e. The van der Waals surface area contributed by atoms with Crippen LogP contribution >= 0.6 is 0 Å². The van der Waals surface area contributed by atoms with Crippen LogP contribution in [0.4, 0.5) is 14.6 Å². The molecule has 1 aliphatic rings. The minimum Gasteiger partial charge on any atom is -0.414 e. The van der Waals surface area contributed by atoms with Crippen molar-refractivity contribution in [3.63, 3.8) is 0 Å². The van der Waals surface area contributed by atoms with Crippen molar-refractivity contribution >= 4 is 22.5 Å². The van der Waals surface area contributed by atoms with E-state index in [1.165, 1.54) is 12.3 Å². The Kier molecular flexibility index (Phi) is 7.26. The van der Waals surface area contributed by atoms with Crippen LogP contribution in [0.3, 0.4) is 0 Å². The second-order valence-electron chi connectivity index (χ2n) is 11.6. The lowest BCUT2D eigenvalue weighted by molar-refractivity contribution is -0.138. The summed E-state index contributed by atoms with van der Waals surface area (Å²) in [4.78, 5) is 15.9. The zero-order valence-electron chi connectivity index (χ0n) is 21.0. The third-order valence-corrected chi connectivity index (χ3v) is 16.1. The van der Waals surface area contributed by atoms with Crippen LogP contribution in [0.5, 0.6) is 0 Å². The topological polar surface area (TPSA) is 88.6 Å². The summed E-state index contributed by atoms with van der Waals surface area (Å²) >= 11 is 0. The molecule has 0 unspecified atom stereocenters. The molecule has 0 radical (unpaired) electrons. The van der Waals surface area contributed by atoms with Gasteiger partial charge in [-0.1, -0.05) is 41.5 Å². The molecule has 1 saturated heterocycles. The number of hydrogen-bond donors (Lipinski definition) is 1. The highest BCUT2D eigenvalue weighted by Crippen LogP contribution is 2.48. The molecular formula is C21H39F2N3O4Si2. The normalized spacial score (nSPS) is 24.7. The standard InChI is InChI=1S/C21H39F2N3O4Si2/c1-19(2,3)31(7,8)28-13-14-16(30-32(9,10)20(4,5)6)21(22,23)17(29-14)26-12-11-15(24)25-18(26)27/h11-12,14,16-17H,13H2,1-10H3,(H2,24,25,27)/t14-,16-,17-/m1/s1. The van der Waals surface area contributed by atoms with Crippen molar-refractivity contribution in [2.75, 3.05) is 12.3 Å². The van der Waals surface area contributed by atoms with Gasteiger partial charge in [0.1, 0.15) is 18.0 Å². The van der Waals surface area contributed by atoms with Gasteiger partial charge >= 0.3 is 11.6 Å². The minimum atomic E-state index is -3.47. The quantitative estimate of drug-likeness (QED) is 0.577. The van der Waals surface area contributed by atoms with Gasteiger partial charge in [0.05, 0.1) is 6.61 Å². The Balaban J connectivity index is 2.45. The Hall–Kier alpha value is -1.15. The summed E-state index contributed by atoms with van der Waals surface area (Å²) in [6, 6.07) is 1.30. The number of nitrogens with two attached hydrogens (primary N) is 1. The van der Waals surface area contributed by atoms with E-state index in [2.05, 4.69) is 38.8 Å². The summed E-state index contributed by atoms with van der Waals surface area (Å²) in [5.74, 6) is -3.52. The van der Waals surface area contributed by atoms with E-state index in [1.807, 2.05) is 33.9 Å². The Morgan fingerprint density at radius 3 is 2.12 bits per heavy atom. The van der Waals surface area contributed by atoms with Gasteiger partial charge in [-0.25, -0.2) is 4.79 Å². The lowest BCUT2D eigenvalue weighted by Crippen LogP contribution is -2.53. The molecule has 1 fully saturated rings. The average molecular weight is 492 g/mol. The highest BCUT2D eigenvalue weighted by Gasteiger charge is 2.63. The van der Waals surface area contributed by atoms with E-state index in [4.69, 9.17) is 19.3 Å². The van der Waals surface area contributed by atoms with Crippen molar-refractivity contribution in [3.05, 3.63) is 22.7 Å². The fraction of sp³-hybridized carbons (Fsp3) is 0.810. The van der Waals surface area contributed by atoms with Crippen LogP contribution in [-0.2, 0) is 13.6 Å². The summed E-state index contributed by atoms with van der Waals surface area (Å²) in [7, 11) is -4.82. The molecule has 0 aliphatic carbocycles. The van der Waals surface area contributed by atoms with Crippen LogP contribution in [0.1, 0.15) is 47.8 Å². The van der Waals surface area contributed by atoms with E-state index >= 15 is 8.78 Å². The van der Waals surface area contributed by atoms with Crippen molar-refractivity contribution in [1.29, 1.82) is 0 Å². The lowest BCUT2D eigenvalue weighted by Gasteiger charge is -2.41. The van der Waals surface area contributed by atoms with Gasteiger partial charge in [-0.05, 0) is 42.3 Å². The predicted octanol–water partition coefficient (Wildman–Crippen LogP) is 4.77. The average Bonchev–Trinajstić information content (AvgIpc) is 2.82. The highest BCUT2D eigenvalue weighted by atomic mass is 28.4. The Morgan fingerprint density at radius 1 is 1.12 bits per heavy atom. The number of nitrogen functional groups attached to an aromatic ring is 1. The van der Waals surface area contributed by atoms with Gasteiger partial charge in [-0.15, -0.1) is 0 Å². The molecule has 1 aromatic rings.